The van der Waals surface area contributed by atoms with Crippen molar-refractivity contribution in [2.45, 2.75) is 24.6 Å². The summed E-state index contributed by atoms with van der Waals surface area (Å²) in [7, 11) is 1.75. The maximum Gasteiger partial charge on any atom is 0.490 e. The van der Waals surface area contributed by atoms with E-state index >= 15 is 0 Å². The lowest BCUT2D eigenvalue weighted by atomic mass is 9.85. The Morgan fingerprint density at radius 3 is 2.48 bits per heavy atom. The second-order valence-corrected chi connectivity index (χ2v) is 7.64. The zero-order valence-electron chi connectivity index (χ0n) is 16.1. The summed E-state index contributed by atoms with van der Waals surface area (Å²) in [5.74, 6) is -2.59. The van der Waals surface area contributed by atoms with Crippen LogP contribution in [-0.4, -0.2) is 91.6 Å². The molecule has 0 atom stereocenters. The molecule has 1 amide bonds. The Kier molecular flexibility index (Phi) is 8.44. The van der Waals surface area contributed by atoms with Gasteiger partial charge in [-0.1, -0.05) is 0 Å². The Labute approximate surface area is 171 Å². The first-order valence-corrected chi connectivity index (χ1v) is 10.1. The van der Waals surface area contributed by atoms with Gasteiger partial charge in [-0.2, -0.15) is 24.5 Å². The van der Waals surface area contributed by atoms with Crippen LogP contribution >= 0.6 is 11.3 Å². The van der Waals surface area contributed by atoms with Gasteiger partial charge in [0.05, 0.1) is 25.4 Å². The maximum atomic E-state index is 12.5. The molecule has 0 bridgehead atoms. The number of halogens is 3. The van der Waals surface area contributed by atoms with Crippen LogP contribution in [0.15, 0.2) is 16.8 Å². The Hall–Kier alpha value is -1.69. The number of amides is 1. The van der Waals surface area contributed by atoms with Crippen LogP contribution < -0.4 is 0 Å². The number of morpholine rings is 1. The molecule has 29 heavy (non-hydrogen) atoms. The Morgan fingerprint density at radius 2 is 1.97 bits per heavy atom. The standard InChI is InChI=1S/C16H24N2O3S.C2HF3O2/c1-20-9-7-18-8-10-21-13-16(18)3-5-17(6-4-16)15(19)14-2-11-22-12-14;3-2(4,5)1(6)7/h2,11-12H,3-10,13H2,1H3;(H,6,7). The third kappa shape index (κ3) is 6.39. The van der Waals surface area contributed by atoms with Gasteiger partial charge in [-0.25, -0.2) is 4.79 Å². The van der Waals surface area contributed by atoms with Crippen LogP contribution in [0.25, 0.3) is 0 Å². The van der Waals surface area contributed by atoms with E-state index in [1.54, 1.807) is 18.4 Å². The molecular weight excluding hydrogens is 413 g/mol. The van der Waals surface area contributed by atoms with Crippen molar-refractivity contribution in [2.24, 2.45) is 0 Å². The van der Waals surface area contributed by atoms with Crippen LogP contribution in [0, 0.1) is 0 Å². The van der Waals surface area contributed by atoms with Crippen LogP contribution in [0.4, 0.5) is 13.2 Å². The monoisotopic (exact) mass is 438 g/mol. The van der Waals surface area contributed by atoms with E-state index < -0.39 is 12.1 Å². The molecule has 1 aromatic heterocycles. The Balaban J connectivity index is 0.000000370. The van der Waals surface area contributed by atoms with Gasteiger partial charge in [0.2, 0.25) is 0 Å². The van der Waals surface area contributed by atoms with E-state index in [1.165, 1.54) is 0 Å². The largest absolute Gasteiger partial charge is 0.490 e. The van der Waals surface area contributed by atoms with Gasteiger partial charge in [-0.3, -0.25) is 9.69 Å². The first kappa shape index (κ1) is 23.6. The third-order valence-electron chi connectivity index (χ3n) is 5.10. The number of methoxy groups -OCH3 is 1. The lowest BCUT2D eigenvalue weighted by Gasteiger charge is -2.51. The van der Waals surface area contributed by atoms with Crippen LogP contribution in [0.2, 0.25) is 0 Å². The van der Waals surface area contributed by atoms with E-state index in [-0.39, 0.29) is 11.4 Å². The molecule has 2 aliphatic heterocycles. The van der Waals surface area contributed by atoms with Crippen molar-refractivity contribution in [3.8, 4) is 0 Å². The molecule has 11 heteroatoms. The predicted octanol–water partition coefficient (Wildman–Crippen LogP) is 2.33. The summed E-state index contributed by atoms with van der Waals surface area (Å²) >= 11 is 1.57. The van der Waals surface area contributed by atoms with Gasteiger partial charge >= 0.3 is 12.1 Å². The number of carbonyl (C=O) groups excluding carboxylic acids is 1. The topological polar surface area (TPSA) is 79.3 Å². The molecule has 3 rings (SSSR count). The van der Waals surface area contributed by atoms with E-state index in [0.29, 0.717) is 0 Å². The second kappa shape index (κ2) is 10.4. The first-order chi connectivity index (χ1) is 13.7. The molecule has 0 unspecified atom stereocenters. The highest BCUT2D eigenvalue weighted by Gasteiger charge is 2.42. The van der Waals surface area contributed by atoms with Gasteiger partial charge in [0, 0.05) is 44.2 Å². The van der Waals surface area contributed by atoms with Gasteiger partial charge in [0.15, 0.2) is 0 Å². The zero-order valence-corrected chi connectivity index (χ0v) is 16.9. The van der Waals surface area contributed by atoms with Crippen LogP contribution in [0.1, 0.15) is 23.2 Å². The summed E-state index contributed by atoms with van der Waals surface area (Å²) in [6.07, 6.45) is -3.13. The molecule has 1 N–H and O–H groups in total. The van der Waals surface area contributed by atoms with Crippen molar-refractivity contribution < 1.29 is 37.3 Å². The minimum atomic E-state index is -5.08. The normalized spacial score (nSPS) is 19.5. The summed E-state index contributed by atoms with van der Waals surface area (Å²) in [6.45, 7) is 5.84. The van der Waals surface area contributed by atoms with Crippen molar-refractivity contribution in [1.29, 1.82) is 0 Å². The van der Waals surface area contributed by atoms with Gasteiger partial charge in [0.1, 0.15) is 0 Å². The fourth-order valence-corrected chi connectivity index (χ4v) is 4.10. The van der Waals surface area contributed by atoms with Crippen molar-refractivity contribution >= 4 is 23.2 Å². The fraction of sp³-hybridized carbons (Fsp3) is 0.667. The van der Waals surface area contributed by atoms with E-state index in [0.717, 1.165) is 64.4 Å². The number of carbonyl (C=O) groups is 2. The van der Waals surface area contributed by atoms with Crippen molar-refractivity contribution in [3.05, 3.63) is 22.4 Å². The summed E-state index contributed by atoms with van der Waals surface area (Å²) < 4.78 is 42.7. The highest BCUT2D eigenvalue weighted by Crippen LogP contribution is 2.32. The first-order valence-electron chi connectivity index (χ1n) is 9.13. The SMILES string of the molecule is COCCN1CCOCC12CCN(C(=O)c1ccsc1)CC2.O=C(O)C(F)(F)F. The number of likely N-dealkylation sites (tertiary alicyclic amines) is 1. The maximum absolute atomic E-state index is 12.5. The average Bonchev–Trinajstić information content (AvgIpc) is 3.22. The van der Waals surface area contributed by atoms with Crippen molar-refractivity contribution in [1.82, 2.24) is 9.80 Å². The van der Waals surface area contributed by atoms with Gasteiger partial charge in [0.25, 0.3) is 5.91 Å². The molecule has 164 valence electrons. The van der Waals surface area contributed by atoms with Crippen LogP contribution in [-0.2, 0) is 14.3 Å². The van der Waals surface area contributed by atoms with E-state index in [1.807, 2.05) is 21.7 Å². The van der Waals surface area contributed by atoms with Gasteiger partial charge in [-0.15, -0.1) is 0 Å². The number of aliphatic carboxylic acids is 1. The molecule has 0 aromatic carbocycles. The molecule has 7 nitrogen and oxygen atoms in total. The van der Waals surface area contributed by atoms with E-state index in [4.69, 9.17) is 19.4 Å². The molecular formula is C18H25F3N2O5S. The molecule has 0 saturated carbocycles. The highest BCUT2D eigenvalue weighted by atomic mass is 32.1. The summed E-state index contributed by atoms with van der Waals surface area (Å²) in [4.78, 5) is 25.8. The zero-order chi connectivity index (χ0) is 21.5. The number of hydrogen-bond acceptors (Lipinski definition) is 6. The van der Waals surface area contributed by atoms with Crippen molar-refractivity contribution in [2.75, 3.05) is 53.1 Å². The summed E-state index contributed by atoms with van der Waals surface area (Å²) in [6, 6.07) is 1.91. The number of rotatable bonds is 4. The predicted molar refractivity (Wildman–Crippen MR) is 100 cm³/mol. The minimum absolute atomic E-state index is 0.0855. The highest BCUT2D eigenvalue weighted by molar-refractivity contribution is 7.08. The van der Waals surface area contributed by atoms with Crippen LogP contribution in [0.3, 0.4) is 0 Å². The number of piperidine rings is 1. The molecule has 0 radical (unpaired) electrons. The van der Waals surface area contributed by atoms with Gasteiger partial charge < -0.3 is 19.5 Å². The quantitative estimate of drug-likeness (QED) is 0.778. The Morgan fingerprint density at radius 1 is 1.31 bits per heavy atom. The number of thiophene rings is 1. The second-order valence-electron chi connectivity index (χ2n) is 6.86. The lowest BCUT2D eigenvalue weighted by Crippen LogP contribution is -2.62. The van der Waals surface area contributed by atoms with Gasteiger partial charge in [-0.05, 0) is 24.3 Å². The van der Waals surface area contributed by atoms with E-state index in [2.05, 4.69) is 4.90 Å². The minimum Gasteiger partial charge on any atom is -0.475 e. The fourth-order valence-electron chi connectivity index (χ4n) is 3.47. The molecule has 2 saturated heterocycles. The number of carboxylic acids is 1. The number of hydrogen-bond donors (Lipinski definition) is 1. The Bertz CT molecular complexity index is 661. The number of alkyl halides is 3. The van der Waals surface area contributed by atoms with Crippen LogP contribution in [0.5, 0.6) is 0 Å². The molecule has 3 heterocycles. The smallest absolute Gasteiger partial charge is 0.475 e. The summed E-state index contributed by atoms with van der Waals surface area (Å²) in [5.41, 5.74) is 0.902. The molecule has 2 aliphatic rings. The van der Waals surface area contributed by atoms with E-state index in [9.17, 15) is 18.0 Å². The molecule has 2 fully saturated rings. The number of ether oxygens (including phenoxy) is 2. The summed E-state index contributed by atoms with van der Waals surface area (Å²) in [5, 5.41) is 11.0. The number of carboxylic acid groups (broad SMARTS) is 1. The van der Waals surface area contributed by atoms with Crippen molar-refractivity contribution in [3.63, 3.8) is 0 Å². The lowest BCUT2D eigenvalue weighted by molar-refractivity contribution is -0.192. The number of nitrogens with zero attached hydrogens (tertiary/aromatic N) is 2. The average molecular weight is 438 g/mol. The third-order valence-corrected chi connectivity index (χ3v) is 5.79. The molecule has 0 aliphatic carbocycles. The molecule has 1 spiro atoms. The molecule has 1 aromatic rings.